The SMILES string of the molecule is CC(C)(C)OC(=O)N1CCC(CNc2nccs2)CC1. The molecule has 6 heteroatoms. The summed E-state index contributed by atoms with van der Waals surface area (Å²) >= 11 is 1.62. The Hall–Kier alpha value is -1.30. The number of nitrogens with zero attached hydrogens (tertiary/aromatic N) is 2. The van der Waals surface area contributed by atoms with E-state index >= 15 is 0 Å². The maximum absolute atomic E-state index is 11.9. The number of anilines is 1. The molecule has 0 bridgehead atoms. The number of carbonyl (C=O) groups is 1. The quantitative estimate of drug-likeness (QED) is 0.931. The van der Waals surface area contributed by atoms with Crippen molar-refractivity contribution >= 4 is 22.6 Å². The summed E-state index contributed by atoms with van der Waals surface area (Å²) in [5.74, 6) is 0.595. The van der Waals surface area contributed by atoms with Gasteiger partial charge in [0.1, 0.15) is 5.60 Å². The molecule has 5 nitrogen and oxygen atoms in total. The predicted molar refractivity (Wildman–Crippen MR) is 81.1 cm³/mol. The van der Waals surface area contributed by atoms with Gasteiger partial charge in [0.2, 0.25) is 0 Å². The Morgan fingerprint density at radius 3 is 2.75 bits per heavy atom. The largest absolute Gasteiger partial charge is 0.444 e. The lowest BCUT2D eigenvalue weighted by atomic mass is 9.97. The number of carbonyl (C=O) groups excluding carboxylic acids is 1. The lowest BCUT2D eigenvalue weighted by molar-refractivity contribution is 0.0188. The highest BCUT2D eigenvalue weighted by Gasteiger charge is 2.26. The molecule has 1 fully saturated rings. The summed E-state index contributed by atoms with van der Waals surface area (Å²) < 4.78 is 5.39. The summed E-state index contributed by atoms with van der Waals surface area (Å²) in [6.45, 7) is 8.18. The van der Waals surface area contributed by atoms with E-state index in [0.29, 0.717) is 5.92 Å². The van der Waals surface area contributed by atoms with Crippen LogP contribution in [0, 0.1) is 5.92 Å². The topological polar surface area (TPSA) is 54.5 Å². The highest BCUT2D eigenvalue weighted by Crippen LogP contribution is 2.21. The number of amides is 1. The van der Waals surface area contributed by atoms with E-state index in [1.54, 1.807) is 17.5 Å². The van der Waals surface area contributed by atoms with Crippen LogP contribution in [0.3, 0.4) is 0 Å². The highest BCUT2D eigenvalue weighted by molar-refractivity contribution is 7.13. The monoisotopic (exact) mass is 297 g/mol. The van der Waals surface area contributed by atoms with E-state index in [-0.39, 0.29) is 6.09 Å². The van der Waals surface area contributed by atoms with Gasteiger partial charge in [-0.15, -0.1) is 11.3 Å². The number of aromatic nitrogens is 1. The number of nitrogens with one attached hydrogen (secondary N) is 1. The van der Waals surface area contributed by atoms with Crippen LogP contribution < -0.4 is 5.32 Å². The first-order valence-electron chi connectivity index (χ1n) is 7.05. The third kappa shape index (κ3) is 4.67. The molecule has 1 aromatic rings. The van der Waals surface area contributed by atoms with Crippen molar-refractivity contribution < 1.29 is 9.53 Å². The van der Waals surface area contributed by atoms with Crippen LogP contribution in [-0.4, -0.2) is 41.2 Å². The second-order valence-corrected chi connectivity index (χ2v) is 7.02. The Morgan fingerprint density at radius 2 is 2.20 bits per heavy atom. The number of piperidine rings is 1. The van der Waals surface area contributed by atoms with Crippen molar-refractivity contribution in [2.75, 3.05) is 25.0 Å². The molecule has 0 aromatic carbocycles. The Balaban J connectivity index is 1.71. The van der Waals surface area contributed by atoms with Crippen LogP contribution >= 0.6 is 11.3 Å². The van der Waals surface area contributed by atoms with E-state index in [2.05, 4.69) is 10.3 Å². The van der Waals surface area contributed by atoms with Crippen molar-refractivity contribution in [2.24, 2.45) is 5.92 Å². The van der Waals surface area contributed by atoms with Gasteiger partial charge in [0, 0.05) is 31.2 Å². The van der Waals surface area contributed by atoms with Gasteiger partial charge >= 0.3 is 6.09 Å². The molecule has 1 saturated heterocycles. The maximum Gasteiger partial charge on any atom is 0.410 e. The molecule has 2 heterocycles. The van der Waals surface area contributed by atoms with Gasteiger partial charge in [-0.1, -0.05) is 0 Å². The summed E-state index contributed by atoms with van der Waals surface area (Å²) in [7, 11) is 0. The molecular formula is C14H23N3O2S. The number of ether oxygens (including phenoxy) is 1. The van der Waals surface area contributed by atoms with Gasteiger partial charge in [0.25, 0.3) is 0 Å². The van der Waals surface area contributed by atoms with Crippen LogP contribution in [0.15, 0.2) is 11.6 Å². The molecule has 0 spiro atoms. The number of hydrogen-bond acceptors (Lipinski definition) is 5. The van der Waals surface area contributed by atoms with Gasteiger partial charge in [-0.3, -0.25) is 0 Å². The van der Waals surface area contributed by atoms with E-state index in [1.165, 1.54) is 0 Å². The molecule has 112 valence electrons. The van der Waals surface area contributed by atoms with E-state index in [4.69, 9.17) is 4.74 Å². The smallest absolute Gasteiger partial charge is 0.410 e. The third-order valence-corrected chi connectivity index (χ3v) is 3.97. The van der Waals surface area contributed by atoms with Crippen LogP contribution in [0.2, 0.25) is 0 Å². The molecule has 0 atom stereocenters. The summed E-state index contributed by atoms with van der Waals surface area (Å²) in [5.41, 5.74) is -0.416. The molecule has 0 aliphatic carbocycles. The van der Waals surface area contributed by atoms with Crippen LogP contribution in [0.4, 0.5) is 9.93 Å². The zero-order chi connectivity index (χ0) is 14.6. The zero-order valence-electron chi connectivity index (χ0n) is 12.4. The van der Waals surface area contributed by atoms with Crippen molar-refractivity contribution in [3.63, 3.8) is 0 Å². The van der Waals surface area contributed by atoms with Crippen molar-refractivity contribution in [2.45, 2.75) is 39.2 Å². The summed E-state index contributed by atoms with van der Waals surface area (Å²) in [4.78, 5) is 18.0. The van der Waals surface area contributed by atoms with Gasteiger partial charge in [0.05, 0.1) is 0 Å². The van der Waals surface area contributed by atoms with Gasteiger partial charge < -0.3 is 15.0 Å². The number of thiazole rings is 1. The molecular weight excluding hydrogens is 274 g/mol. The van der Waals surface area contributed by atoms with Crippen molar-refractivity contribution in [1.29, 1.82) is 0 Å². The molecule has 0 unspecified atom stereocenters. The minimum atomic E-state index is -0.416. The molecule has 1 amide bonds. The lowest BCUT2D eigenvalue weighted by Gasteiger charge is -2.33. The standard InChI is InChI=1S/C14H23N3O2S/c1-14(2,3)19-13(18)17-7-4-11(5-8-17)10-16-12-15-6-9-20-12/h6,9,11H,4-5,7-8,10H2,1-3H3,(H,15,16). The fourth-order valence-electron chi connectivity index (χ4n) is 2.19. The molecule has 1 aliphatic heterocycles. The first-order chi connectivity index (χ1) is 9.44. The minimum absolute atomic E-state index is 0.191. The molecule has 1 aromatic heterocycles. The second kappa shape index (κ2) is 6.43. The average molecular weight is 297 g/mol. The first-order valence-corrected chi connectivity index (χ1v) is 7.93. The summed E-state index contributed by atoms with van der Waals surface area (Å²) in [6.07, 6.45) is 3.64. The van der Waals surface area contributed by atoms with E-state index in [0.717, 1.165) is 37.6 Å². The number of rotatable bonds is 3. The summed E-state index contributed by atoms with van der Waals surface area (Å²) in [5, 5.41) is 6.29. The lowest BCUT2D eigenvalue weighted by Crippen LogP contribution is -2.42. The van der Waals surface area contributed by atoms with Crippen LogP contribution in [0.1, 0.15) is 33.6 Å². The highest BCUT2D eigenvalue weighted by atomic mass is 32.1. The average Bonchev–Trinajstić information content (AvgIpc) is 2.88. The normalized spacial score (nSPS) is 17.1. The molecule has 2 rings (SSSR count). The fraction of sp³-hybridized carbons (Fsp3) is 0.714. The second-order valence-electron chi connectivity index (χ2n) is 6.13. The Bertz CT molecular complexity index is 420. The molecule has 20 heavy (non-hydrogen) atoms. The van der Waals surface area contributed by atoms with E-state index < -0.39 is 5.60 Å². The Morgan fingerprint density at radius 1 is 1.50 bits per heavy atom. The van der Waals surface area contributed by atoms with E-state index in [9.17, 15) is 4.79 Å². The van der Waals surface area contributed by atoms with Crippen LogP contribution in [0.25, 0.3) is 0 Å². The van der Waals surface area contributed by atoms with Gasteiger partial charge in [-0.25, -0.2) is 9.78 Å². The number of likely N-dealkylation sites (tertiary alicyclic amines) is 1. The van der Waals surface area contributed by atoms with Crippen LogP contribution in [0.5, 0.6) is 0 Å². The minimum Gasteiger partial charge on any atom is -0.444 e. The Labute approximate surface area is 124 Å². The molecule has 0 radical (unpaired) electrons. The molecule has 1 aliphatic rings. The number of hydrogen-bond donors (Lipinski definition) is 1. The third-order valence-electron chi connectivity index (χ3n) is 3.24. The van der Waals surface area contributed by atoms with Gasteiger partial charge in [-0.2, -0.15) is 0 Å². The van der Waals surface area contributed by atoms with Crippen molar-refractivity contribution in [1.82, 2.24) is 9.88 Å². The van der Waals surface area contributed by atoms with Gasteiger partial charge in [-0.05, 0) is 39.5 Å². The predicted octanol–water partition coefficient (Wildman–Crippen LogP) is 3.20. The van der Waals surface area contributed by atoms with Crippen LogP contribution in [-0.2, 0) is 4.74 Å². The van der Waals surface area contributed by atoms with E-state index in [1.807, 2.05) is 31.1 Å². The molecule has 1 N–H and O–H groups in total. The Kier molecular flexibility index (Phi) is 4.86. The van der Waals surface area contributed by atoms with Crippen molar-refractivity contribution in [3.05, 3.63) is 11.6 Å². The maximum atomic E-state index is 11.9. The first kappa shape index (κ1) is 15.1. The fourth-order valence-corrected chi connectivity index (χ4v) is 2.73. The summed E-state index contributed by atoms with van der Waals surface area (Å²) in [6, 6.07) is 0. The zero-order valence-corrected chi connectivity index (χ0v) is 13.2. The van der Waals surface area contributed by atoms with Gasteiger partial charge in [0.15, 0.2) is 5.13 Å². The molecule has 0 saturated carbocycles. The van der Waals surface area contributed by atoms with Crippen molar-refractivity contribution in [3.8, 4) is 0 Å².